The van der Waals surface area contributed by atoms with Gasteiger partial charge in [-0.3, -0.25) is 0 Å². The van der Waals surface area contributed by atoms with E-state index >= 15 is 0 Å². The van der Waals surface area contributed by atoms with Crippen LogP contribution in [0.15, 0.2) is 16.5 Å². The number of anilines is 1. The lowest BCUT2D eigenvalue weighted by Crippen LogP contribution is -1.99. The first kappa shape index (κ1) is 12.9. The van der Waals surface area contributed by atoms with Gasteiger partial charge in [0.05, 0.1) is 10.6 Å². The second-order valence-electron chi connectivity index (χ2n) is 5.90. The molecule has 108 valence electrons. The number of benzene rings is 1. The molecule has 0 atom stereocenters. The van der Waals surface area contributed by atoms with Gasteiger partial charge in [-0.1, -0.05) is 6.07 Å². The molecule has 4 rings (SSSR count). The fourth-order valence-electron chi connectivity index (χ4n) is 3.31. The maximum Gasteiger partial charge on any atom is 0.230 e. The molecule has 0 unspecified atom stereocenters. The van der Waals surface area contributed by atoms with Crippen LogP contribution in [0.2, 0.25) is 0 Å². The predicted molar refractivity (Wildman–Crippen MR) is 87.9 cm³/mol. The van der Waals surface area contributed by atoms with Gasteiger partial charge in [-0.15, -0.1) is 11.3 Å². The van der Waals surface area contributed by atoms with Gasteiger partial charge in [-0.2, -0.15) is 0 Å². The second kappa shape index (κ2) is 4.60. The first-order chi connectivity index (χ1) is 10.1. The van der Waals surface area contributed by atoms with Crippen LogP contribution >= 0.6 is 11.3 Å². The van der Waals surface area contributed by atoms with Crippen molar-refractivity contribution in [3.05, 3.63) is 33.7 Å². The minimum absolute atomic E-state index is 0.690. The third kappa shape index (κ3) is 1.97. The van der Waals surface area contributed by atoms with Crippen LogP contribution < -0.4 is 5.73 Å². The second-order valence-corrected chi connectivity index (χ2v) is 7.04. The monoisotopic (exact) mass is 298 g/mol. The van der Waals surface area contributed by atoms with Crippen molar-refractivity contribution in [1.82, 2.24) is 4.98 Å². The molecule has 3 aromatic rings. The molecular formula is C17H18N2OS. The van der Waals surface area contributed by atoms with Crippen LogP contribution in [0.1, 0.15) is 34.4 Å². The molecule has 0 radical (unpaired) electrons. The Hall–Kier alpha value is -1.81. The fraction of sp³-hybridized carbons (Fsp3) is 0.353. The number of nitrogens with zero attached hydrogens (tertiary/aromatic N) is 1. The highest BCUT2D eigenvalue weighted by Gasteiger charge is 2.24. The minimum Gasteiger partial charge on any atom is -0.436 e. The molecule has 2 aromatic heterocycles. The van der Waals surface area contributed by atoms with Crippen molar-refractivity contribution in [2.75, 3.05) is 5.73 Å². The van der Waals surface area contributed by atoms with Crippen LogP contribution in [0.4, 0.5) is 5.00 Å². The summed E-state index contributed by atoms with van der Waals surface area (Å²) in [5, 5.41) is 0.850. The van der Waals surface area contributed by atoms with Crippen LogP contribution in [0.3, 0.4) is 0 Å². The van der Waals surface area contributed by atoms with Crippen molar-refractivity contribution >= 4 is 27.4 Å². The Bertz CT molecular complexity index is 844. The molecule has 0 saturated heterocycles. The van der Waals surface area contributed by atoms with Crippen molar-refractivity contribution in [2.45, 2.75) is 39.5 Å². The molecular weight excluding hydrogens is 280 g/mol. The first-order valence-corrected chi connectivity index (χ1v) is 8.23. The molecule has 0 aliphatic heterocycles. The Morgan fingerprint density at radius 2 is 2.00 bits per heavy atom. The highest BCUT2D eigenvalue weighted by Crippen LogP contribution is 2.43. The van der Waals surface area contributed by atoms with E-state index < -0.39 is 0 Å². The van der Waals surface area contributed by atoms with Gasteiger partial charge in [0.2, 0.25) is 5.89 Å². The standard InChI is InChI=1S/C17H18N2OS/c1-9-7-10(2)15-12(8-9)19-17(20-15)14-11-5-3-4-6-13(11)21-16(14)18/h7-8H,3-6,18H2,1-2H3. The summed E-state index contributed by atoms with van der Waals surface area (Å²) in [6, 6.07) is 4.20. The van der Waals surface area contributed by atoms with E-state index in [9.17, 15) is 0 Å². The number of rotatable bonds is 1. The van der Waals surface area contributed by atoms with E-state index in [2.05, 4.69) is 26.0 Å². The fourth-order valence-corrected chi connectivity index (χ4v) is 4.46. The van der Waals surface area contributed by atoms with E-state index in [1.807, 2.05) is 0 Å². The van der Waals surface area contributed by atoms with Gasteiger partial charge in [0.1, 0.15) is 5.52 Å². The number of nitrogens with two attached hydrogens (primary N) is 1. The maximum atomic E-state index is 6.26. The van der Waals surface area contributed by atoms with Gasteiger partial charge >= 0.3 is 0 Å². The average molecular weight is 298 g/mol. The van der Waals surface area contributed by atoms with Gasteiger partial charge < -0.3 is 10.2 Å². The minimum atomic E-state index is 0.690. The van der Waals surface area contributed by atoms with Crippen molar-refractivity contribution < 1.29 is 4.42 Å². The number of hydrogen-bond donors (Lipinski definition) is 1. The van der Waals surface area contributed by atoms with Crippen LogP contribution in [-0.4, -0.2) is 4.98 Å². The third-order valence-corrected chi connectivity index (χ3v) is 5.35. The number of aromatic nitrogens is 1. The SMILES string of the molecule is Cc1cc(C)c2oc(-c3c(N)sc4c3CCCC4)nc2c1. The molecule has 2 heterocycles. The van der Waals surface area contributed by atoms with E-state index in [0.717, 1.165) is 40.1 Å². The lowest BCUT2D eigenvalue weighted by Gasteiger charge is -2.11. The lowest BCUT2D eigenvalue weighted by atomic mass is 9.95. The Morgan fingerprint density at radius 1 is 1.19 bits per heavy atom. The van der Waals surface area contributed by atoms with Crippen LogP contribution in [0.5, 0.6) is 0 Å². The van der Waals surface area contributed by atoms with Gasteiger partial charge in [0, 0.05) is 4.88 Å². The number of oxazole rings is 1. The van der Waals surface area contributed by atoms with E-state index in [4.69, 9.17) is 15.1 Å². The highest BCUT2D eigenvalue weighted by atomic mass is 32.1. The van der Waals surface area contributed by atoms with Crippen LogP contribution in [0.25, 0.3) is 22.6 Å². The number of aryl methyl sites for hydroxylation is 3. The molecule has 3 nitrogen and oxygen atoms in total. The molecule has 21 heavy (non-hydrogen) atoms. The topological polar surface area (TPSA) is 52.0 Å². The van der Waals surface area contributed by atoms with Crippen LogP contribution in [-0.2, 0) is 12.8 Å². The van der Waals surface area contributed by atoms with Crippen molar-refractivity contribution in [3.8, 4) is 11.5 Å². The van der Waals surface area contributed by atoms with Crippen molar-refractivity contribution in [3.63, 3.8) is 0 Å². The molecule has 1 aromatic carbocycles. The largest absolute Gasteiger partial charge is 0.436 e. The van der Waals surface area contributed by atoms with E-state index in [1.54, 1.807) is 11.3 Å². The highest BCUT2D eigenvalue weighted by molar-refractivity contribution is 7.16. The molecule has 2 N–H and O–H groups in total. The Kier molecular flexibility index (Phi) is 2.82. The zero-order valence-corrected chi connectivity index (χ0v) is 13.1. The number of thiophene rings is 1. The summed E-state index contributed by atoms with van der Waals surface area (Å²) in [5.74, 6) is 0.690. The summed E-state index contributed by atoms with van der Waals surface area (Å²) >= 11 is 1.71. The molecule has 0 bridgehead atoms. The summed E-state index contributed by atoms with van der Waals surface area (Å²) in [6.07, 6.45) is 4.73. The smallest absolute Gasteiger partial charge is 0.230 e. The molecule has 0 spiro atoms. The summed E-state index contributed by atoms with van der Waals surface area (Å²) in [7, 11) is 0. The zero-order chi connectivity index (χ0) is 14.6. The van der Waals surface area contributed by atoms with E-state index in [-0.39, 0.29) is 0 Å². The molecule has 0 saturated carbocycles. The summed E-state index contributed by atoms with van der Waals surface area (Å²) < 4.78 is 6.06. The normalized spacial score (nSPS) is 14.6. The molecule has 0 fully saturated rings. The van der Waals surface area contributed by atoms with Crippen molar-refractivity contribution in [2.24, 2.45) is 0 Å². The van der Waals surface area contributed by atoms with Crippen LogP contribution in [0, 0.1) is 13.8 Å². The number of nitrogen functional groups attached to an aromatic ring is 1. The van der Waals surface area contributed by atoms with E-state index in [1.165, 1.54) is 28.8 Å². The zero-order valence-electron chi connectivity index (χ0n) is 12.3. The molecule has 0 amide bonds. The molecule has 4 heteroatoms. The van der Waals surface area contributed by atoms with Gasteiger partial charge in [-0.05, 0) is 62.3 Å². The van der Waals surface area contributed by atoms with Gasteiger partial charge in [0.25, 0.3) is 0 Å². The Labute approximate surface area is 127 Å². The number of fused-ring (bicyclic) bond motifs is 2. The van der Waals surface area contributed by atoms with Gasteiger partial charge in [0.15, 0.2) is 5.58 Å². The van der Waals surface area contributed by atoms with E-state index in [0.29, 0.717) is 5.89 Å². The predicted octanol–water partition coefficient (Wildman–Crippen LogP) is 4.63. The number of hydrogen-bond acceptors (Lipinski definition) is 4. The molecule has 1 aliphatic rings. The van der Waals surface area contributed by atoms with Gasteiger partial charge in [-0.25, -0.2) is 4.98 Å². The average Bonchev–Trinajstić information content (AvgIpc) is 2.98. The Morgan fingerprint density at radius 3 is 2.86 bits per heavy atom. The Balaban J connectivity index is 1.95. The third-order valence-electron chi connectivity index (χ3n) is 4.23. The quantitative estimate of drug-likeness (QED) is 0.712. The summed E-state index contributed by atoms with van der Waals surface area (Å²) in [5.41, 5.74) is 12.8. The maximum absolute atomic E-state index is 6.26. The van der Waals surface area contributed by atoms with Crippen molar-refractivity contribution in [1.29, 1.82) is 0 Å². The molecule has 1 aliphatic carbocycles. The summed E-state index contributed by atoms with van der Waals surface area (Å²) in [6.45, 7) is 4.15. The first-order valence-electron chi connectivity index (χ1n) is 7.41. The lowest BCUT2D eigenvalue weighted by molar-refractivity contribution is 0.614. The summed E-state index contributed by atoms with van der Waals surface area (Å²) in [4.78, 5) is 6.13.